The summed E-state index contributed by atoms with van der Waals surface area (Å²) in [6, 6.07) is 0. The summed E-state index contributed by atoms with van der Waals surface area (Å²) in [4.78, 5) is 23.5. The molecular formula is C13H21NO4. The summed E-state index contributed by atoms with van der Waals surface area (Å²) < 4.78 is 5.80. The van der Waals surface area contributed by atoms with Gasteiger partial charge in [0, 0.05) is 13.7 Å². The van der Waals surface area contributed by atoms with Crippen molar-refractivity contribution < 1.29 is 19.4 Å². The van der Waals surface area contributed by atoms with Gasteiger partial charge in [0.15, 0.2) is 0 Å². The van der Waals surface area contributed by atoms with Crippen molar-refractivity contribution in [2.45, 2.75) is 44.6 Å². The molecule has 18 heavy (non-hydrogen) atoms. The lowest BCUT2D eigenvalue weighted by molar-refractivity contribution is -0.178. The fourth-order valence-corrected chi connectivity index (χ4v) is 3.16. The van der Waals surface area contributed by atoms with Crippen LogP contribution in [0.4, 0.5) is 0 Å². The van der Waals surface area contributed by atoms with Crippen molar-refractivity contribution in [1.82, 2.24) is 5.32 Å². The van der Waals surface area contributed by atoms with Gasteiger partial charge in [-0.05, 0) is 44.9 Å². The molecule has 0 bridgehead atoms. The molecule has 1 saturated carbocycles. The van der Waals surface area contributed by atoms with E-state index in [0.29, 0.717) is 19.4 Å². The predicted molar refractivity (Wildman–Crippen MR) is 65.1 cm³/mol. The topological polar surface area (TPSA) is 75.6 Å². The summed E-state index contributed by atoms with van der Waals surface area (Å²) in [5.74, 6) is -1.59. The molecule has 2 rings (SSSR count). The average Bonchev–Trinajstić information content (AvgIpc) is 2.34. The lowest BCUT2D eigenvalue weighted by Gasteiger charge is -2.49. The quantitative estimate of drug-likeness (QED) is 0.742. The SMILES string of the molecule is CNC(=O)C(C)(C(=O)O)C1CCOC2(CCC2)C1. The molecule has 2 unspecified atom stereocenters. The van der Waals surface area contributed by atoms with Crippen LogP contribution in [0, 0.1) is 11.3 Å². The van der Waals surface area contributed by atoms with Gasteiger partial charge in [0.25, 0.3) is 0 Å². The fraction of sp³-hybridized carbons (Fsp3) is 0.846. The summed E-state index contributed by atoms with van der Waals surface area (Å²) >= 11 is 0. The Balaban J connectivity index is 2.20. The van der Waals surface area contributed by atoms with Crippen LogP contribution in [0.2, 0.25) is 0 Å². The van der Waals surface area contributed by atoms with Crippen molar-refractivity contribution in [1.29, 1.82) is 0 Å². The second-order valence-electron chi connectivity index (χ2n) is 5.66. The molecule has 2 aliphatic rings. The number of aliphatic carboxylic acids is 1. The molecule has 102 valence electrons. The van der Waals surface area contributed by atoms with E-state index < -0.39 is 17.3 Å². The number of rotatable bonds is 3. The summed E-state index contributed by atoms with van der Waals surface area (Å²) in [6.45, 7) is 2.10. The van der Waals surface area contributed by atoms with E-state index in [1.54, 1.807) is 0 Å². The van der Waals surface area contributed by atoms with E-state index in [1.165, 1.54) is 14.0 Å². The molecule has 0 aromatic heterocycles. The number of hydrogen-bond acceptors (Lipinski definition) is 3. The molecule has 0 radical (unpaired) electrons. The zero-order valence-corrected chi connectivity index (χ0v) is 11.0. The highest BCUT2D eigenvalue weighted by molar-refractivity contribution is 6.01. The standard InChI is InChI=1S/C13H21NO4/c1-12(11(16)17,10(15)14-2)9-4-7-18-13(8-9)5-3-6-13/h9H,3-8H2,1-2H3,(H,14,15)(H,16,17). The number of amides is 1. The Labute approximate surface area is 107 Å². The lowest BCUT2D eigenvalue weighted by atomic mass is 9.64. The van der Waals surface area contributed by atoms with Crippen molar-refractivity contribution in [2.75, 3.05) is 13.7 Å². The second kappa shape index (κ2) is 4.53. The summed E-state index contributed by atoms with van der Waals surface area (Å²) in [6.07, 6.45) is 4.44. The van der Waals surface area contributed by atoms with E-state index in [9.17, 15) is 14.7 Å². The lowest BCUT2D eigenvalue weighted by Crippen LogP contribution is -2.55. The molecule has 0 aromatic rings. The third kappa shape index (κ3) is 1.90. The number of carbonyl (C=O) groups excluding carboxylic acids is 1. The monoisotopic (exact) mass is 255 g/mol. The zero-order chi connectivity index (χ0) is 13.4. The van der Waals surface area contributed by atoms with Crippen LogP contribution in [0.3, 0.4) is 0 Å². The molecule has 0 aromatic carbocycles. The maximum Gasteiger partial charge on any atom is 0.319 e. The van der Waals surface area contributed by atoms with E-state index in [1.807, 2.05) is 0 Å². The summed E-state index contributed by atoms with van der Waals surface area (Å²) in [5.41, 5.74) is -1.49. The van der Waals surface area contributed by atoms with Crippen LogP contribution in [0.15, 0.2) is 0 Å². The molecular weight excluding hydrogens is 234 g/mol. The first kappa shape index (κ1) is 13.3. The Morgan fingerprint density at radius 3 is 2.56 bits per heavy atom. The van der Waals surface area contributed by atoms with Gasteiger partial charge in [0.2, 0.25) is 5.91 Å². The van der Waals surface area contributed by atoms with Crippen LogP contribution in [-0.2, 0) is 14.3 Å². The van der Waals surface area contributed by atoms with Crippen LogP contribution >= 0.6 is 0 Å². The highest BCUT2D eigenvalue weighted by atomic mass is 16.5. The maximum atomic E-state index is 12.0. The number of ether oxygens (including phenoxy) is 1. The number of nitrogens with one attached hydrogen (secondary N) is 1. The van der Waals surface area contributed by atoms with Gasteiger partial charge in [-0.25, -0.2) is 0 Å². The van der Waals surface area contributed by atoms with Crippen LogP contribution < -0.4 is 5.32 Å². The van der Waals surface area contributed by atoms with Gasteiger partial charge < -0.3 is 15.2 Å². The Bertz CT molecular complexity index is 364. The molecule has 1 aliphatic heterocycles. The molecule has 1 saturated heterocycles. The van der Waals surface area contributed by atoms with Crippen LogP contribution in [0.5, 0.6) is 0 Å². The van der Waals surface area contributed by atoms with Gasteiger partial charge in [-0.3, -0.25) is 9.59 Å². The molecule has 1 amide bonds. The maximum absolute atomic E-state index is 12.0. The molecule has 5 nitrogen and oxygen atoms in total. The predicted octanol–water partition coefficient (Wildman–Crippen LogP) is 1.17. The Hall–Kier alpha value is -1.10. The number of carbonyl (C=O) groups is 2. The first-order chi connectivity index (χ1) is 8.44. The van der Waals surface area contributed by atoms with E-state index in [-0.39, 0.29) is 11.5 Å². The average molecular weight is 255 g/mol. The van der Waals surface area contributed by atoms with Crippen LogP contribution in [-0.4, -0.2) is 36.2 Å². The Morgan fingerprint density at radius 1 is 1.44 bits per heavy atom. The summed E-state index contributed by atoms with van der Waals surface area (Å²) in [7, 11) is 1.49. The number of carboxylic acid groups (broad SMARTS) is 1. The molecule has 1 spiro atoms. The molecule has 1 aliphatic carbocycles. The van der Waals surface area contributed by atoms with E-state index in [4.69, 9.17) is 4.74 Å². The van der Waals surface area contributed by atoms with Crippen LogP contribution in [0.1, 0.15) is 39.0 Å². The van der Waals surface area contributed by atoms with Crippen molar-refractivity contribution in [2.24, 2.45) is 11.3 Å². The van der Waals surface area contributed by atoms with Gasteiger partial charge in [0.1, 0.15) is 5.41 Å². The minimum Gasteiger partial charge on any atom is -0.480 e. The highest BCUT2D eigenvalue weighted by Crippen LogP contribution is 2.49. The van der Waals surface area contributed by atoms with Gasteiger partial charge in [-0.2, -0.15) is 0 Å². The van der Waals surface area contributed by atoms with Gasteiger partial charge >= 0.3 is 5.97 Å². The van der Waals surface area contributed by atoms with E-state index >= 15 is 0 Å². The van der Waals surface area contributed by atoms with Gasteiger partial charge in [0.05, 0.1) is 5.60 Å². The second-order valence-corrected chi connectivity index (χ2v) is 5.66. The fourth-order valence-electron chi connectivity index (χ4n) is 3.16. The number of carboxylic acids is 1. The minimum atomic E-state index is -1.35. The first-order valence-electron chi connectivity index (χ1n) is 6.54. The van der Waals surface area contributed by atoms with Gasteiger partial charge in [-0.1, -0.05) is 0 Å². The van der Waals surface area contributed by atoms with E-state index in [2.05, 4.69) is 5.32 Å². The van der Waals surface area contributed by atoms with Crippen molar-refractivity contribution in [3.05, 3.63) is 0 Å². The third-order valence-corrected chi connectivity index (χ3v) is 4.72. The Morgan fingerprint density at radius 2 is 2.11 bits per heavy atom. The molecule has 2 fully saturated rings. The zero-order valence-electron chi connectivity index (χ0n) is 11.0. The van der Waals surface area contributed by atoms with Crippen molar-refractivity contribution in [3.63, 3.8) is 0 Å². The third-order valence-electron chi connectivity index (χ3n) is 4.72. The first-order valence-corrected chi connectivity index (χ1v) is 6.54. The smallest absolute Gasteiger partial charge is 0.319 e. The Kier molecular flexibility index (Phi) is 3.36. The molecule has 2 N–H and O–H groups in total. The van der Waals surface area contributed by atoms with Crippen molar-refractivity contribution >= 4 is 11.9 Å². The molecule has 1 heterocycles. The number of hydrogen-bond donors (Lipinski definition) is 2. The molecule has 5 heteroatoms. The highest BCUT2D eigenvalue weighted by Gasteiger charge is 2.53. The van der Waals surface area contributed by atoms with Crippen molar-refractivity contribution in [3.8, 4) is 0 Å². The van der Waals surface area contributed by atoms with E-state index in [0.717, 1.165) is 19.3 Å². The summed E-state index contributed by atoms with van der Waals surface area (Å²) in [5, 5.41) is 11.9. The van der Waals surface area contributed by atoms with Crippen LogP contribution in [0.25, 0.3) is 0 Å². The largest absolute Gasteiger partial charge is 0.480 e. The van der Waals surface area contributed by atoms with Gasteiger partial charge in [-0.15, -0.1) is 0 Å². The minimum absolute atomic E-state index is 0.145. The normalized spacial score (nSPS) is 29.1. The molecule has 2 atom stereocenters.